The molecule has 1 spiro atoms. The van der Waals surface area contributed by atoms with E-state index >= 15 is 0 Å². The number of rotatable bonds is 2. The Morgan fingerprint density at radius 1 is 1.16 bits per heavy atom. The molecule has 0 unspecified atom stereocenters. The van der Waals surface area contributed by atoms with Gasteiger partial charge in [0.1, 0.15) is 11.4 Å². The molecule has 2 aliphatic heterocycles. The molecule has 1 aromatic heterocycles. The topological polar surface area (TPSA) is 54.5 Å². The van der Waals surface area contributed by atoms with Gasteiger partial charge in [0.15, 0.2) is 0 Å². The van der Waals surface area contributed by atoms with Crippen molar-refractivity contribution in [2.24, 2.45) is 0 Å². The first-order chi connectivity index (χ1) is 15.1. The van der Waals surface area contributed by atoms with Crippen molar-refractivity contribution in [1.29, 1.82) is 0 Å². The van der Waals surface area contributed by atoms with Gasteiger partial charge in [-0.1, -0.05) is 24.3 Å². The smallest absolute Gasteiger partial charge is 0.317 e. The lowest BCUT2D eigenvalue weighted by Gasteiger charge is -2.44. The van der Waals surface area contributed by atoms with Crippen LogP contribution in [0.4, 0.5) is 4.79 Å². The van der Waals surface area contributed by atoms with Gasteiger partial charge in [-0.3, -0.25) is 4.98 Å². The van der Waals surface area contributed by atoms with Crippen molar-refractivity contribution in [1.82, 2.24) is 15.2 Å². The van der Waals surface area contributed by atoms with Crippen LogP contribution >= 0.6 is 0 Å². The zero-order chi connectivity index (χ0) is 21.4. The molecule has 2 amide bonds. The van der Waals surface area contributed by atoms with Gasteiger partial charge in [-0.05, 0) is 67.1 Å². The molecule has 31 heavy (non-hydrogen) atoms. The highest BCUT2D eigenvalue weighted by atomic mass is 16.5. The van der Waals surface area contributed by atoms with Crippen molar-refractivity contribution in [2.45, 2.75) is 45.1 Å². The van der Waals surface area contributed by atoms with Crippen LogP contribution in [0.3, 0.4) is 0 Å². The Balaban J connectivity index is 1.36. The second-order valence-corrected chi connectivity index (χ2v) is 8.74. The van der Waals surface area contributed by atoms with Gasteiger partial charge in [0.05, 0.1) is 5.52 Å². The minimum absolute atomic E-state index is 0.0402. The average Bonchev–Trinajstić information content (AvgIpc) is 2.80. The number of benzene rings is 2. The summed E-state index contributed by atoms with van der Waals surface area (Å²) in [5.41, 5.74) is 5.85. The standard InChI is InChI=1S/C26H29N3O2/c1-3-27-25(30)29-15-12-26(13-16-29)11-10-21-17-20(7-9-23(21)31-26)22-8-6-19-5-4-14-28-24(19)18(22)2/h4-9,14,17H,3,10-13,15-16H2,1-2H3,(H,27,30). The number of nitrogens with zero attached hydrogens (tertiary/aromatic N) is 2. The fourth-order valence-electron chi connectivity index (χ4n) is 5.03. The lowest BCUT2D eigenvalue weighted by Crippen LogP contribution is -2.53. The Labute approximate surface area is 183 Å². The molecule has 0 aliphatic carbocycles. The summed E-state index contributed by atoms with van der Waals surface area (Å²) in [6.07, 6.45) is 5.65. The van der Waals surface area contributed by atoms with Gasteiger partial charge >= 0.3 is 6.03 Å². The largest absolute Gasteiger partial charge is 0.487 e. The van der Waals surface area contributed by atoms with Crippen LogP contribution in [-0.2, 0) is 6.42 Å². The van der Waals surface area contributed by atoms with Gasteiger partial charge in [-0.25, -0.2) is 4.79 Å². The number of piperidine rings is 1. The number of urea groups is 1. The zero-order valence-corrected chi connectivity index (χ0v) is 18.3. The summed E-state index contributed by atoms with van der Waals surface area (Å²) in [6, 6.07) is 15.1. The first kappa shape index (κ1) is 19.9. The lowest BCUT2D eigenvalue weighted by atomic mass is 9.82. The lowest BCUT2D eigenvalue weighted by molar-refractivity contribution is -0.00543. The quantitative estimate of drug-likeness (QED) is 0.634. The van der Waals surface area contributed by atoms with Crippen molar-refractivity contribution < 1.29 is 9.53 Å². The minimum atomic E-state index is -0.139. The van der Waals surface area contributed by atoms with Gasteiger partial charge in [-0.2, -0.15) is 0 Å². The molecule has 1 saturated heterocycles. The van der Waals surface area contributed by atoms with Crippen molar-refractivity contribution in [2.75, 3.05) is 19.6 Å². The third-order valence-electron chi connectivity index (χ3n) is 6.87. The Morgan fingerprint density at radius 2 is 2.00 bits per heavy atom. The molecule has 0 atom stereocenters. The van der Waals surface area contributed by atoms with Crippen molar-refractivity contribution in [3.05, 3.63) is 59.8 Å². The predicted molar refractivity (Wildman–Crippen MR) is 123 cm³/mol. The summed E-state index contributed by atoms with van der Waals surface area (Å²) >= 11 is 0. The van der Waals surface area contributed by atoms with Crippen LogP contribution in [0, 0.1) is 6.92 Å². The SMILES string of the molecule is CCNC(=O)N1CCC2(CCc3cc(-c4ccc5cccnc5c4C)ccc3O2)CC1. The van der Waals surface area contributed by atoms with E-state index in [0.29, 0.717) is 6.54 Å². The zero-order valence-electron chi connectivity index (χ0n) is 18.3. The molecule has 5 heteroatoms. The maximum Gasteiger partial charge on any atom is 0.317 e. The summed E-state index contributed by atoms with van der Waals surface area (Å²) in [4.78, 5) is 18.6. The van der Waals surface area contributed by atoms with Crippen LogP contribution in [0.1, 0.15) is 37.3 Å². The first-order valence-corrected chi connectivity index (χ1v) is 11.3. The normalized spacial score (nSPS) is 17.3. The fraction of sp³-hybridized carbons (Fsp3) is 0.385. The molecule has 0 bridgehead atoms. The number of ether oxygens (including phenoxy) is 1. The monoisotopic (exact) mass is 415 g/mol. The number of aryl methyl sites for hydroxylation is 2. The second kappa shape index (κ2) is 7.88. The van der Waals surface area contributed by atoms with Crippen molar-refractivity contribution in [3.63, 3.8) is 0 Å². The Kier molecular flexibility index (Phi) is 5.05. The number of likely N-dealkylation sites (tertiary alicyclic amines) is 1. The van der Waals surface area contributed by atoms with Crippen LogP contribution in [-0.4, -0.2) is 41.2 Å². The van der Waals surface area contributed by atoms with Gasteiger partial charge in [0, 0.05) is 44.1 Å². The third kappa shape index (κ3) is 3.62. The maximum absolute atomic E-state index is 12.1. The van der Waals surface area contributed by atoms with Crippen molar-refractivity contribution in [3.8, 4) is 16.9 Å². The number of hydrogen-bond donors (Lipinski definition) is 1. The van der Waals surface area contributed by atoms with Gasteiger partial charge < -0.3 is 15.0 Å². The van der Waals surface area contributed by atoms with E-state index in [0.717, 1.165) is 50.0 Å². The second-order valence-electron chi connectivity index (χ2n) is 8.74. The third-order valence-corrected chi connectivity index (χ3v) is 6.87. The Bertz CT molecular complexity index is 1130. The fourth-order valence-corrected chi connectivity index (χ4v) is 5.03. The highest BCUT2D eigenvalue weighted by molar-refractivity contribution is 5.88. The van der Waals surface area contributed by atoms with E-state index in [4.69, 9.17) is 4.74 Å². The molecule has 5 nitrogen and oxygen atoms in total. The van der Waals surface area contributed by atoms with Crippen molar-refractivity contribution >= 4 is 16.9 Å². The summed E-state index contributed by atoms with van der Waals surface area (Å²) in [5.74, 6) is 0.998. The van der Waals surface area contributed by atoms with Crippen LogP contribution < -0.4 is 10.1 Å². The molecule has 3 aromatic rings. The first-order valence-electron chi connectivity index (χ1n) is 11.3. The number of pyridine rings is 1. The van der Waals surface area contributed by atoms with Crippen LogP contribution in [0.15, 0.2) is 48.7 Å². The van der Waals surface area contributed by atoms with E-state index in [1.807, 2.05) is 24.1 Å². The molecular formula is C26H29N3O2. The van der Waals surface area contributed by atoms with Gasteiger partial charge in [0.25, 0.3) is 0 Å². The number of carbonyl (C=O) groups excluding carboxylic acids is 1. The maximum atomic E-state index is 12.1. The van der Waals surface area contributed by atoms with E-state index in [-0.39, 0.29) is 11.6 Å². The molecule has 3 heterocycles. The van der Waals surface area contributed by atoms with E-state index < -0.39 is 0 Å². The van der Waals surface area contributed by atoms with E-state index in [1.54, 1.807) is 0 Å². The molecular weight excluding hydrogens is 386 g/mol. The van der Waals surface area contributed by atoms with Crippen LogP contribution in [0.2, 0.25) is 0 Å². The van der Waals surface area contributed by atoms with Gasteiger partial charge in [0.2, 0.25) is 0 Å². The summed E-state index contributed by atoms with van der Waals surface area (Å²) < 4.78 is 6.57. The summed E-state index contributed by atoms with van der Waals surface area (Å²) in [6.45, 7) is 6.28. The Morgan fingerprint density at radius 3 is 2.81 bits per heavy atom. The number of carbonyl (C=O) groups is 1. The summed E-state index contributed by atoms with van der Waals surface area (Å²) in [7, 11) is 0. The van der Waals surface area contributed by atoms with E-state index in [9.17, 15) is 4.79 Å². The Hall–Kier alpha value is -3.08. The molecule has 1 fully saturated rings. The minimum Gasteiger partial charge on any atom is -0.487 e. The molecule has 5 rings (SSSR count). The highest BCUT2D eigenvalue weighted by Crippen LogP contribution is 2.41. The van der Waals surface area contributed by atoms with Crippen LogP contribution in [0.25, 0.3) is 22.0 Å². The average molecular weight is 416 g/mol. The van der Waals surface area contributed by atoms with E-state index in [1.165, 1.54) is 27.6 Å². The van der Waals surface area contributed by atoms with Crippen LogP contribution in [0.5, 0.6) is 5.75 Å². The number of aromatic nitrogens is 1. The number of hydrogen-bond acceptors (Lipinski definition) is 3. The molecule has 1 N–H and O–H groups in total. The predicted octanol–water partition coefficient (Wildman–Crippen LogP) is 5.10. The molecule has 160 valence electrons. The molecule has 2 aliphatic rings. The highest BCUT2D eigenvalue weighted by Gasteiger charge is 2.40. The van der Waals surface area contributed by atoms with E-state index in [2.05, 4.69) is 53.6 Å². The molecule has 0 radical (unpaired) electrons. The summed E-state index contributed by atoms with van der Waals surface area (Å²) in [5, 5.41) is 4.07. The number of nitrogens with one attached hydrogen (secondary N) is 1. The number of fused-ring (bicyclic) bond motifs is 2. The number of amides is 2. The molecule has 2 aromatic carbocycles. The van der Waals surface area contributed by atoms with Gasteiger partial charge in [-0.15, -0.1) is 0 Å². The molecule has 0 saturated carbocycles.